The molecule has 138 heavy (non-hydrogen) atoms. The summed E-state index contributed by atoms with van der Waals surface area (Å²) < 4.78 is 131. The second-order valence-electron chi connectivity index (χ2n) is 30.9. The predicted octanol–water partition coefficient (Wildman–Crippen LogP) is 0.668. The minimum absolute atomic E-state index is 0.0451. The molecule has 0 aromatic carbocycles. The van der Waals surface area contributed by atoms with Gasteiger partial charge in [-0.05, 0) is 265 Å². The predicted molar refractivity (Wildman–Crippen MR) is 570 cm³/mol. The quantitative estimate of drug-likeness (QED) is 0.0372. The first-order valence-corrected chi connectivity index (χ1v) is 71.0. The molecule has 0 spiro atoms. The van der Waals surface area contributed by atoms with Crippen molar-refractivity contribution in [3.8, 4) is 0 Å². The zero-order valence-electron chi connectivity index (χ0n) is 93.0. The SMILES string of the molecule is CCO[Si](CCCN(C)C)(OCC)OCC.CCO[Si](CCCN)(OCC)OCC.CCO[Si](CCN(C)C)(OCC)OCC.CCO[Si](CCN)(OCC)OCC.CN(C)CCC[Si](O)(O)O.CN(C)CC[Si](O)(O)O.CO[Si](CCCN(C)C)(OC)OC.CO[Si](CCCN)(OC)OC.CO[Si](CCN(C)C)(OC)OC.CO[Si](CCN)(OC)OC.NCCC[Si](O)(O)O.NCC[Si](O)(O)O. The Balaban J connectivity index is -0.000000126. The van der Waals surface area contributed by atoms with Gasteiger partial charge in [0, 0.05) is 257 Å². The summed E-state index contributed by atoms with van der Waals surface area (Å²) in [7, 11) is 9.22. The van der Waals surface area contributed by atoms with E-state index in [1.807, 2.05) is 130 Å². The summed E-state index contributed by atoms with van der Waals surface area (Å²) in [4.78, 5) is 113. The van der Waals surface area contributed by atoms with E-state index in [2.05, 4.69) is 47.8 Å². The normalized spacial score (nSPS) is 12.3. The number of hydrogen-bond donors (Lipinski definition) is 18. The zero-order chi connectivity index (χ0) is 110. The van der Waals surface area contributed by atoms with Crippen molar-refractivity contribution in [2.75, 3.05) is 328 Å². The number of nitrogens with zero attached hydrogens (tertiary/aromatic N) is 6. The molecule has 60 heteroatoms. The van der Waals surface area contributed by atoms with Gasteiger partial charge in [0.2, 0.25) is 0 Å². The molecule has 0 radical (unpaired) electrons. The summed E-state index contributed by atoms with van der Waals surface area (Å²) in [6.45, 7) is 39.4. The molecule has 0 saturated carbocycles. The largest absolute Gasteiger partial charge is 0.502 e. The summed E-state index contributed by atoms with van der Waals surface area (Å²) in [5, 5.41) is 0. The molecular formula is C78H216N12O36Si12. The number of hydrogen-bond acceptors (Lipinski definition) is 48. The van der Waals surface area contributed by atoms with Gasteiger partial charge in [-0.1, -0.05) is 0 Å². The molecule has 0 amide bonds. The fourth-order valence-electron chi connectivity index (χ4n) is 10.7. The maximum Gasteiger partial charge on any atom is 0.502 e. The second kappa shape index (κ2) is 105. The smallest absolute Gasteiger partial charge is 0.390 e. The van der Waals surface area contributed by atoms with Gasteiger partial charge >= 0.3 is 106 Å². The van der Waals surface area contributed by atoms with Crippen molar-refractivity contribution >= 4 is 106 Å². The van der Waals surface area contributed by atoms with Gasteiger partial charge in [0.1, 0.15) is 0 Å². The molecule has 0 aromatic heterocycles. The van der Waals surface area contributed by atoms with Crippen LogP contribution in [0.3, 0.4) is 0 Å². The van der Waals surface area contributed by atoms with Gasteiger partial charge in [0.15, 0.2) is 0 Å². The van der Waals surface area contributed by atoms with Gasteiger partial charge in [-0.15, -0.1) is 0 Å². The van der Waals surface area contributed by atoms with Gasteiger partial charge in [-0.2, -0.15) is 0 Å². The standard InChI is InChI=1S/C11H27NO3Si.C10H25NO3Si.C9H23NO3Si.2C8H21NO3Si.C7H19NO3Si.C6H17NO3Si.2C5H15NO3Si.C4H13NO3Si.C3H11NO3Si.C2H9NO3Si/c1-6-13-16(14-7-2,15-8-3)11-9-10-12(4)5;1-6-12-15(13-7-2,14-8-3)10-9-11(4)5;1-4-11-14(12-5-2,13-6-3)9-7-8-10;1-9(2)7-6-8-13(10-3,11-4)12-5;1-4-10-13(8-7-9,11-5-2)12-6-3;1-8(2)6-7-12(9-3,10-4)11-5;1-8-11(9-2,10-3)6-4-5-7;1-7-10(8-2,9-3)5-4-6;1-6(2)4-3-5-10(7,8)9;1-5(2)3-4-9(6,7)8;4-2-1-3-8(5,6)7;3-1-2-7(4,5)6/h6-11H2,1-5H3;6-10H2,1-5H3;4-10H2,1-3H3;6-8H2,1-5H3;4-9H2,1-3H3;6-7H2,1-5H3;4-7H2,1-3H3;4-6H2,1-3H3;7-9H,3-5H2,1-2H3;6-8H,3-4H2,1-2H3;5-7H,1-4H2;4-6H,1-3H2. The van der Waals surface area contributed by atoms with Crippen LogP contribution in [-0.2, 0) is 106 Å². The first kappa shape index (κ1) is 164. The van der Waals surface area contributed by atoms with Crippen LogP contribution in [0, 0.1) is 0 Å². The lowest BCUT2D eigenvalue weighted by Crippen LogP contribution is -2.47. The Morgan fingerprint density at radius 2 is 0.297 bits per heavy atom. The van der Waals surface area contributed by atoms with Crippen molar-refractivity contribution in [3.05, 3.63) is 0 Å². The molecule has 0 bridgehead atoms. The third-order valence-corrected chi connectivity index (χ3v) is 44.9. The van der Waals surface area contributed by atoms with Gasteiger partial charge in [-0.25, -0.2) is 0 Å². The third kappa shape index (κ3) is 111. The van der Waals surface area contributed by atoms with Crippen LogP contribution in [-0.4, -0.2) is 520 Å². The average molecular weight is 2240 g/mol. The van der Waals surface area contributed by atoms with Crippen LogP contribution in [0.1, 0.15) is 122 Å². The number of rotatable bonds is 72. The van der Waals surface area contributed by atoms with E-state index in [0.29, 0.717) is 143 Å². The Morgan fingerprint density at radius 3 is 0.457 bits per heavy atom. The van der Waals surface area contributed by atoms with Gasteiger partial charge in [0.05, 0.1) is 0 Å². The molecule has 0 rings (SSSR count). The fraction of sp³-hybridized carbons (Fsp3) is 1.00. The molecule has 0 aromatic rings. The maximum absolute atomic E-state index is 8.56. The first-order valence-electron chi connectivity index (χ1n) is 47.4. The van der Waals surface area contributed by atoms with Crippen molar-refractivity contribution in [1.82, 2.24) is 29.4 Å². The molecule has 0 atom stereocenters. The van der Waals surface area contributed by atoms with E-state index in [0.717, 1.165) is 94.7 Å². The highest BCUT2D eigenvalue weighted by Crippen LogP contribution is 2.23. The molecule has 0 aliphatic carbocycles. The highest BCUT2D eigenvalue weighted by atomic mass is 28.4. The molecule has 0 aliphatic heterocycles. The van der Waals surface area contributed by atoms with E-state index in [-0.39, 0.29) is 30.7 Å². The van der Waals surface area contributed by atoms with E-state index < -0.39 is 106 Å². The summed E-state index contributed by atoms with van der Waals surface area (Å²) in [5.41, 5.74) is 31.6. The van der Waals surface area contributed by atoms with Gasteiger partial charge in [-0.3, -0.25) is 0 Å². The van der Waals surface area contributed by atoms with Crippen molar-refractivity contribution in [2.24, 2.45) is 34.4 Å². The van der Waals surface area contributed by atoms with E-state index in [4.69, 9.17) is 198 Å². The maximum atomic E-state index is 8.56. The monoisotopic (exact) mass is 2230 g/mol. The molecular weight excluding hydrogens is 2020 g/mol. The summed E-state index contributed by atoms with van der Waals surface area (Å²) in [6, 6.07) is 6.60. The van der Waals surface area contributed by atoms with Crippen LogP contribution >= 0.6 is 0 Å². The Kier molecular flexibility index (Phi) is 124. The lowest BCUT2D eigenvalue weighted by Gasteiger charge is -2.29. The topological polar surface area (TPSA) is 640 Å². The van der Waals surface area contributed by atoms with E-state index in [1.165, 1.54) is 0 Å². The second-order valence-corrected chi connectivity index (χ2v) is 62.4. The first-order chi connectivity index (χ1) is 64.3. The van der Waals surface area contributed by atoms with Crippen LogP contribution in [0.4, 0.5) is 0 Å². The minimum Gasteiger partial charge on any atom is -0.390 e. The highest BCUT2D eigenvalue weighted by Gasteiger charge is 2.45. The summed E-state index contributed by atoms with van der Waals surface area (Å²) >= 11 is 0. The van der Waals surface area contributed by atoms with E-state index in [9.17, 15) is 0 Å². The summed E-state index contributed by atoms with van der Waals surface area (Å²) in [6.07, 6.45) is 4.96. The Hall–Kier alpha value is 0.683. The fourth-order valence-corrected chi connectivity index (χ4v) is 30.2. The van der Waals surface area contributed by atoms with Gasteiger partial charge in [0.25, 0.3) is 0 Å². The van der Waals surface area contributed by atoms with Crippen LogP contribution < -0.4 is 34.4 Å². The van der Waals surface area contributed by atoms with E-state index >= 15 is 0 Å². The molecule has 24 N–H and O–H groups in total. The Morgan fingerprint density at radius 1 is 0.159 bits per heavy atom. The lowest BCUT2D eigenvalue weighted by atomic mass is 10.5. The minimum atomic E-state index is -3.78. The molecule has 48 nitrogen and oxygen atoms in total. The Bertz CT molecular complexity index is 2300. The molecule has 0 fully saturated rings. The van der Waals surface area contributed by atoms with E-state index in [1.54, 1.807) is 104 Å². The molecule has 0 unspecified atom stereocenters. The lowest BCUT2D eigenvalue weighted by molar-refractivity contribution is 0.0689. The van der Waals surface area contributed by atoms with Gasteiger partial charge < -0.3 is 228 Å². The van der Waals surface area contributed by atoms with Crippen LogP contribution in [0.25, 0.3) is 0 Å². The van der Waals surface area contributed by atoms with Crippen molar-refractivity contribution in [2.45, 2.75) is 194 Å². The highest BCUT2D eigenvalue weighted by molar-refractivity contribution is 6.63. The van der Waals surface area contributed by atoms with Crippen molar-refractivity contribution < 1.29 is 164 Å². The zero-order valence-corrected chi connectivity index (χ0v) is 105. The summed E-state index contributed by atoms with van der Waals surface area (Å²) in [5.74, 6) is 0. The Labute approximate surface area is 850 Å². The number of nitrogens with two attached hydrogens (primary N) is 6. The molecule has 0 aliphatic rings. The van der Waals surface area contributed by atoms with Crippen LogP contribution in [0.2, 0.25) is 72.5 Å². The average Bonchev–Trinajstić information content (AvgIpc) is 0.867. The van der Waals surface area contributed by atoms with Crippen molar-refractivity contribution in [1.29, 1.82) is 0 Å². The van der Waals surface area contributed by atoms with Crippen LogP contribution in [0.5, 0.6) is 0 Å². The molecule has 0 heterocycles. The van der Waals surface area contributed by atoms with Crippen molar-refractivity contribution in [3.63, 3.8) is 0 Å². The molecule has 852 valence electrons. The third-order valence-electron chi connectivity index (χ3n) is 17.5. The van der Waals surface area contributed by atoms with Crippen LogP contribution in [0.15, 0.2) is 0 Å². The molecule has 0 saturated heterocycles.